The summed E-state index contributed by atoms with van der Waals surface area (Å²) in [5, 5.41) is 8.96. The molecule has 36 heavy (non-hydrogen) atoms. The number of rotatable bonds is 10. The molecule has 0 bridgehead atoms. The molecule has 2 atom stereocenters. The predicted molar refractivity (Wildman–Crippen MR) is 140 cm³/mol. The van der Waals surface area contributed by atoms with Crippen LogP contribution in [0.2, 0.25) is 0 Å². The van der Waals surface area contributed by atoms with E-state index in [0.717, 1.165) is 15.6 Å². The highest BCUT2D eigenvalue weighted by Crippen LogP contribution is 2.44. The molecule has 0 saturated heterocycles. The second kappa shape index (κ2) is 11.6. The minimum absolute atomic E-state index is 0.0710. The number of benzene rings is 3. The van der Waals surface area contributed by atoms with Crippen LogP contribution in [0.3, 0.4) is 0 Å². The van der Waals surface area contributed by atoms with Crippen LogP contribution >= 0.6 is 15.9 Å². The lowest BCUT2D eigenvalue weighted by atomic mass is 9.82. The molecule has 4 rings (SSSR count). The molecule has 0 amide bonds. The number of hydrogen-bond acceptors (Lipinski definition) is 7. The molecule has 0 radical (unpaired) electrons. The molecule has 3 aromatic carbocycles. The molecule has 188 valence electrons. The number of hydrogen-bond donors (Lipinski definition) is 1. The van der Waals surface area contributed by atoms with Crippen LogP contribution in [-0.2, 0) is 20.7 Å². The fraction of sp³-hybridized carbons (Fsp3) is 0.286. The molecule has 7 nitrogen and oxygen atoms in total. The maximum absolute atomic E-state index is 13.5. The van der Waals surface area contributed by atoms with Gasteiger partial charge in [0.25, 0.3) is 0 Å². The molecule has 0 aliphatic carbocycles. The smallest absolute Gasteiger partial charge is 0.338 e. The number of aliphatic hydroxyl groups is 1. The number of aliphatic imine (C=N–C) groups is 1. The maximum atomic E-state index is 13.5. The van der Waals surface area contributed by atoms with Crippen LogP contribution in [0, 0.1) is 0 Å². The van der Waals surface area contributed by atoms with Gasteiger partial charge in [-0.15, -0.1) is 0 Å². The van der Waals surface area contributed by atoms with E-state index >= 15 is 0 Å². The van der Waals surface area contributed by atoms with Crippen LogP contribution in [0.1, 0.15) is 29.2 Å². The van der Waals surface area contributed by atoms with E-state index in [4.69, 9.17) is 29.0 Å². The topological polar surface area (TPSA) is 86.6 Å². The monoisotopic (exact) mass is 553 g/mol. The molecule has 8 heteroatoms. The van der Waals surface area contributed by atoms with E-state index in [0.29, 0.717) is 36.0 Å². The van der Waals surface area contributed by atoms with Gasteiger partial charge in [-0.1, -0.05) is 46.3 Å². The molecular formula is C28H28BrNO6. The standard InChI is InChI=1S/C28H28BrNO6/c1-33-23-9-5-8-20(17-23)25-28(27(32)34-2,18-21-7-3-4-10-24(21)29)30-26(36-25)19-11-13-22(14-12-19)35-16-6-15-31/h3-5,7-14,17,25,31H,6,15-16,18H2,1-2H3/t25-,28-/m1/s1. The molecule has 1 N–H and O–H groups in total. The largest absolute Gasteiger partial charge is 0.497 e. The normalized spacial score (nSPS) is 18.8. The third-order valence-electron chi connectivity index (χ3n) is 5.99. The molecule has 0 saturated carbocycles. The second-order valence-corrected chi connectivity index (χ2v) is 9.18. The van der Waals surface area contributed by atoms with Crippen molar-refractivity contribution in [3.63, 3.8) is 0 Å². The summed E-state index contributed by atoms with van der Waals surface area (Å²) in [6.45, 7) is 0.490. The fourth-order valence-electron chi connectivity index (χ4n) is 4.17. The first-order chi connectivity index (χ1) is 17.5. The molecule has 0 fully saturated rings. The average molecular weight is 554 g/mol. The Morgan fingerprint density at radius 1 is 1.06 bits per heavy atom. The quantitative estimate of drug-likeness (QED) is 0.284. The van der Waals surface area contributed by atoms with E-state index in [1.807, 2.05) is 72.8 Å². The van der Waals surface area contributed by atoms with Gasteiger partial charge >= 0.3 is 5.97 Å². The zero-order valence-corrected chi connectivity index (χ0v) is 21.7. The molecule has 1 aliphatic heterocycles. The number of methoxy groups -OCH3 is 2. The summed E-state index contributed by atoms with van der Waals surface area (Å²) >= 11 is 3.60. The fourth-order valence-corrected chi connectivity index (χ4v) is 4.60. The molecule has 0 aromatic heterocycles. The van der Waals surface area contributed by atoms with Gasteiger partial charge in [-0.05, 0) is 53.6 Å². The average Bonchev–Trinajstić information content (AvgIpc) is 3.30. The van der Waals surface area contributed by atoms with Gasteiger partial charge in [0.05, 0.1) is 20.8 Å². The highest BCUT2D eigenvalue weighted by atomic mass is 79.9. The predicted octanol–water partition coefficient (Wildman–Crippen LogP) is 4.89. The lowest BCUT2D eigenvalue weighted by Crippen LogP contribution is -2.44. The lowest BCUT2D eigenvalue weighted by Gasteiger charge is -2.29. The molecule has 0 spiro atoms. The highest BCUT2D eigenvalue weighted by molar-refractivity contribution is 9.10. The van der Waals surface area contributed by atoms with Gasteiger partial charge < -0.3 is 24.1 Å². The number of ether oxygens (including phenoxy) is 4. The summed E-state index contributed by atoms with van der Waals surface area (Å²) in [6, 6.07) is 22.4. The Kier molecular flexibility index (Phi) is 8.28. The first-order valence-electron chi connectivity index (χ1n) is 11.6. The van der Waals surface area contributed by atoms with E-state index in [-0.39, 0.29) is 13.0 Å². The Morgan fingerprint density at radius 3 is 2.53 bits per heavy atom. The van der Waals surface area contributed by atoms with Crippen molar-refractivity contribution < 1.29 is 28.8 Å². The highest BCUT2D eigenvalue weighted by Gasteiger charge is 2.54. The van der Waals surface area contributed by atoms with Crippen LogP contribution in [0.25, 0.3) is 0 Å². The summed E-state index contributed by atoms with van der Waals surface area (Å²) < 4.78 is 23.7. The van der Waals surface area contributed by atoms with Crippen LogP contribution in [0.5, 0.6) is 11.5 Å². The van der Waals surface area contributed by atoms with Crippen LogP contribution in [0.15, 0.2) is 82.3 Å². The number of nitrogens with zero attached hydrogens (tertiary/aromatic N) is 1. The van der Waals surface area contributed by atoms with E-state index < -0.39 is 17.6 Å². The zero-order chi connectivity index (χ0) is 25.5. The van der Waals surface area contributed by atoms with Crippen molar-refractivity contribution in [1.82, 2.24) is 0 Å². The summed E-state index contributed by atoms with van der Waals surface area (Å²) in [6.07, 6.45) is 0.0633. The molecule has 1 aliphatic rings. The summed E-state index contributed by atoms with van der Waals surface area (Å²) in [7, 11) is 2.95. The van der Waals surface area contributed by atoms with Gasteiger partial charge in [0.1, 0.15) is 11.5 Å². The number of carbonyl (C=O) groups excluding carboxylic acids is 1. The van der Waals surface area contributed by atoms with Crippen molar-refractivity contribution in [2.75, 3.05) is 27.4 Å². The van der Waals surface area contributed by atoms with E-state index in [1.54, 1.807) is 7.11 Å². The van der Waals surface area contributed by atoms with Gasteiger partial charge in [-0.25, -0.2) is 9.79 Å². The molecule has 3 aromatic rings. The van der Waals surface area contributed by atoms with Crippen molar-refractivity contribution in [1.29, 1.82) is 0 Å². The first kappa shape index (κ1) is 25.7. The summed E-state index contributed by atoms with van der Waals surface area (Å²) in [5.41, 5.74) is 0.984. The summed E-state index contributed by atoms with van der Waals surface area (Å²) in [5.74, 6) is 1.16. The minimum Gasteiger partial charge on any atom is -0.497 e. The Hall–Kier alpha value is -3.36. The Morgan fingerprint density at radius 2 is 1.83 bits per heavy atom. The zero-order valence-electron chi connectivity index (χ0n) is 20.1. The van der Waals surface area contributed by atoms with Crippen LogP contribution in [0.4, 0.5) is 0 Å². The number of carbonyl (C=O) groups is 1. The van der Waals surface area contributed by atoms with Crippen molar-refractivity contribution in [3.8, 4) is 11.5 Å². The van der Waals surface area contributed by atoms with Crippen molar-refractivity contribution in [2.45, 2.75) is 24.5 Å². The van der Waals surface area contributed by atoms with E-state index in [2.05, 4.69) is 15.9 Å². The first-order valence-corrected chi connectivity index (χ1v) is 12.4. The maximum Gasteiger partial charge on any atom is 0.338 e. The van der Waals surface area contributed by atoms with Crippen LogP contribution in [-0.4, -0.2) is 49.9 Å². The SMILES string of the molecule is COC(=O)[C@]1(Cc2ccccc2Br)N=C(c2ccc(OCCCO)cc2)O[C@@H]1c1cccc(OC)c1. The molecular weight excluding hydrogens is 526 g/mol. The third kappa shape index (κ3) is 5.39. The number of aliphatic hydroxyl groups excluding tert-OH is 1. The van der Waals surface area contributed by atoms with Gasteiger partial charge in [-0.2, -0.15) is 0 Å². The van der Waals surface area contributed by atoms with Gasteiger partial charge in [0.2, 0.25) is 11.4 Å². The van der Waals surface area contributed by atoms with E-state index in [9.17, 15) is 4.79 Å². The molecule has 1 heterocycles. The van der Waals surface area contributed by atoms with Gasteiger partial charge in [0, 0.05) is 29.5 Å². The van der Waals surface area contributed by atoms with Crippen molar-refractivity contribution in [3.05, 3.63) is 94.0 Å². The Bertz CT molecular complexity index is 1230. The number of halogens is 1. The van der Waals surface area contributed by atoms with Crippen molar-refractivity contribution in [2.24, 2.45) is 4.99 Å². The second-order valence-electron chi connectivity index (χ2n) is 8.33. The third-order valence-corrected chi connectivity index (χ3v) is 6.76. The lowest BCUT2D eigenvalue weighted by molar-refractivity contribution is -0.150. The Balaban J connectivity index is 1.78. The van der Waals surface area contributed by atoms with Gasteiger partial charge in [0.15, 0.2) is 6.10 Å². The number of esters is 1. The molecule has 0 unspecified atom stereocenters. The summed E-state index contributed by atoms with van der Waals surface area (Å²) in [4.78, 5) is 18.4. The minimum atomic E-state index is -1.36. The van der Waals surface area contributed by atoms with Crippen molar-refractivity contribution >= 4 is 27.8 Å². The van der Waals surface area contributed by atoms with E-state index in [1.165, 1.54) is 7.11 Å². The van der Waals surface area contributed by atoms with Gasteiger partial charge in [-0.3, -0.25) is 0 Å². The Labute approximate surface area is 218 Å². The van der Waals surface area contributed by atoms with Crippen LogP contribution < -0.4 is 9.47 Å².